The zero-order valence-corrected chi connectivity index (χ0v) is 13.9. The molecule has 7 heteroatoms. The van der Waals surface area contributed by atoms with Gasteiger partial charge in [0.25, 0.3) is 5.91 Å². The van der Waals surface area contributed by atoms with Crippen molar-refractivity contribution in [2.24, 2.45) is 5.73 Å². The van der Waals surface area contributed by atoms with Crippen LogP contribution in [0, 0.1) is 0 Å². The van der Waals surface area contributed by atoms with E-state index in [9.17, 15) is 14.4 Å². The van der Waals surface area contributed by atoms with Gasteiger partial charge in [-0.3, -0.25) is 9.59 Å². The maximum Gasteiger partial charge on any atom is 0.336 e. The zero-order valence-electron chi connectivity index (χ0n) is 13.9. The number of hydrogen-bond acceptors (Lipinski definition) is 5. The van der Waals surface area contributed by atoms with Crippen LogP contribution < -0.4 is 21.4 Å². The highest BCUT2D eigenvalue weighted by Gasteiger charge is 2.15. The third-order valence-corrected chi connectivity index (χ3v) is 3.71. The molecule has 0 radical (unpaired) electrons. The molecule has 132 valence electrons. The number of carbonyl (C=O) groups is 2. The minimum absolute atomic E-state index is 0.352. The Morgan fingerprint density at radius 3 is 2.46 bits per heavy atom. The van der Waals surface area contributed by atoms with E-state index in [1.165, 1.54) is 18.2 Å². The van der Waals surface area contributed by atoms with Crippen molar-refractivity contribution < 1.29 is 18.7 Å². The molecule has 3 N–H and O–H groups in total. The summed E-state index contributed by atoms with van der Waals surface area (Å²) in [4.78, 5) is 34.6. The normalized spacial score (nSPS) is 11.7. The van der Waals surface area contributed by atoms with Crippen molar-refractivity contribution >= 4 is 28.5 Å². The van der Waals surface area contributed by atoms with E-state index in [1.807, 2.05) is 0 Å². The molecule has 26 heavy (non-hydrogen) atoms. The highest BCUT2D eigenvalue weighted by atomic mass is 16.5. The Morgan fingerprint density at radius 1 is 1.08 bits per heavy atom. The van der Waals surface area contributed by atoms with E-state index in [0.29, 0.717) is 22.6 Å². The third-order valence-electron chi connectivity index (χ3n) is 3.71. The van der Waals surface area contributed by atoms with Crippen molar-refractivity contribution in [2.45, 2.75) is 13.0 Å². The average molecular weight is 352 g/mol. The van der Waals surface area contributed by atoms with Crippen LogP contribution in [-0.2, 0) is 4.79 Å². The fourth-order valence-electron chi connectivity index (χ4n) is 2.33. The van der Waals surface area contributed by atoms with Crippen LogP contribution in [0.3, 0.4) is 0 Å². The van der Waals surface area contributed by atoms with Gasteiger partial charge in [-0.15, -0.1) is 0 Å². The molecule has 1 unspecified atom stereocenters. The van der Waals surface area contributed by atoms with Crippen molar-refractivity contribution in [1.82, 2.24) is 0 Å². The van der Waals surface area contributed by atoms with E-state index in [4.69, 9.17) is 14.9 Å². The number of carbonyl (C=O) groups excluding carboxylic acids is 2. The van der Waals surface area contributed by atoms with Crippen LogP contribution in [0.1, 0.15) is 17.3 Å². The summed E-state index contributed by atoms with van der Waals surface area (Å²) in [6.07, 6.45) is -0.793. The van der Waals surface area contributed by atoms with Gasteiger partial charge in [0.1, 0.15) is 11.3 Å². The number of fused-ring (bicyclic) bond motifs is 1. The van der Waals surface area contributed by atoms with Crippen molar-refractivity contribution in [3.8, 4) is 5.75 Å². The Morgan fingerprint density at radius 2 is 1.77 bits per heavy atom. The number of nitrogens with one attached hydrogen (secondary N) is 1. The van der Waals surface area contributed by atoms with E-state index in [2.05, 4.69) is 5.32 Å². The minimum Gasteiger partial charge on any atom is -0.481 e. The second kappa shape index (κ2) is 7.10. The summed E-state index contributed by atoms with van der Waals surface area (Å²) < 4.78 is 10.7. The van der Waals surface area contributed by atoms with Crippen molar-refractivity contribution in [2.75, 3.05) is 5.32 Å². The van der Waals surface area contributed by atoms with Crippen LogP contribution in [-0.4, -0.2) is 17.9 Å². The van der Waals surface area contributed by atoms with Gasteiger partial charge in [-0.1, -0.05) is 0 Å². The lowest BCUT2D eigenvalue weighted by molar-refractivity contribution is -0.122. The maximum absolute atomic E-state index is 12.3. The molecule has 2 aromatic carbocycles. The number of nitrogens with two attached hydrogens (primary N) is 1. The van der Waals surface area contributed by atoms with Gasteiger partial charge in [0.15, 0.2) is 6.10 Å². The molecule has 0 bridgehead atoms. The lowest BCUT2D eigenvalue weighted by atomic mass is 10.2. The predicted octanol–water partition coefficient (Wildman–Crippen LogP) is 2.30. The van der Waals surface area contributed by atoms with Crippen LogP contribution in [0.5, 0.6) is 5.75 Å². The quantitative estimate of drug-likeness (QED) is 0.684. The van der Waals surface area contributed by atoms with Gasteiger partial charge in [-0.25, -0.2) is 4.79 Å². The molecule has 0 aliphatic rings. The smallest absolute Gasteiger partial charge is 0.336 e. The molecular weight excluding hydrogens is 336 g/mol. The first-order chi connectivity index (χ1) is 12.4. The number of benzene rings is 2. The zero-order chi connectivity index (χ0) is 18.7. The standard InChI is InChI=1S/C19H16N2O5/c1-11(19(24)21-14-6-2-13(3-7-14)18(20)23)25-15-8-4-12-5-9-17(22)26-16(12)10-15/h2-11H,1H3,(H2,20,23)(H,21,24). The van der Waals surface area contributed by atoms with E-state index >= 15 is 0 Å². The lowest BCUT2D eigenvalue weighted by Gasteiger charge is -2.15. The molecule has 2 amide bonds. The topological polar surface area (TPSA) is 112 Å². The Labute approximate surface area is 148 Å². The Balaban J connectivity index is 1.68. The fraction of sp³-hybridized carbons (Fsp3) is 0.105. The van der Waals surface area contributed by atoms with Gasteiger partial charge in [0, 0.05) is 28.8 Å². The molecule has 3 rings (SSSR count). The first kappa shape index (κ1) is 17.2. The number of anilines is 1. The fourth-order valence-corrected chi connectivity index (χ4v) is 2.33. The molecular formula is C19H16N2O5. The Kier molecular flexibility index (Phi) is 4.70. The number of amides is 2. The van der Waals surface area contributed by atoms with Crippen LogP contribution in [0.25, 0.3) is 11.0 Å². The average Bonchev–Trinajstić information content (AvgIpc) is 2.61. The highest BCUT2D eigenvalue weighted by Crippen LogP contribution is 2.21. The Bertz CT molecular complexity index is 1020. The second-order valence-electron chi connectivity index (χ2n) is 5.64. The molecule has 1 atom stereocenters. The van der Waals surface area contributed by atoms with Crippen LogP contribution in [0.4, 0.5) is 5.69 Å². The van der Waals surface area contributed by atoms with Crippen molar-refractivity contribution in [1.29, 1.82) is 0 Å². The van der Waals surface area contributed by atoms with Crippen LogP contribution in [0.15, 0.2) is 63.8 Å². The highest BCUT2D eigenvalue weighted by molar-refractivity contribution is 5.96. The van der Waals surface area contributed by atoms with E-state index < -0.39 is 17.6 Å². The van der Waals surface area contributed by atoms with Gasteiger partial charge in [0.05, 0.1) is 0 Å². The summed E-state index contributed by atoms with van der Waals surface area (Å²) in [6, 6.07) is 14.2. The van der Waals surface area contributed by atoms with Gasteiger partial charge >= 0.3 is 5.63 Å². The molecule has 1 aromatic heterocycles. The largest absolute Gasteiger partial charge is 0.481 e. The van der Waals surface area contributed by atoms with Gasteiger partial charge in [0.2, 0.25) is 5.91 Å². The lowest BCUT2D eigenvalue weighted by Crippen LogP contribution is -2.30. The molecule has 7 nitrogen and oxygen atoms in total. The summed E-state index contributed by atoms with van der Waals surface area (Å²) in [5.74, 6) is -0.507. The van der Waals surface area contributed by atoms with Gasteiger partial charge < -0.3 is 20.2 Å². The minimum atomic E-state index is -0.793. The molecule has 0 saturated heterocycles. The van der Waals surface area contributed by atoms with Crippen LogP contribution >= 0.6 is 0 Å². The first-order valence-corrected chi connectivity index (χ1v) is 7.84. The van der Waals surface area contributed by atoms with Crippen molar-refractivity contribution in [3.05, 3.63) is 70.6 Å². The van der Waals surface area contributed by atoms with Gasteiger partial charge in [-0.2, -0.15) is 0 Å². The van der Waals surface area contributed by atoms with Crippen LogP contribution in [0.2, 0.25) is 0 Å². The monoisotopic (exact) mass is 352 g/mol. The predicted molar refractivity (Wildman–Crippen MR) is 96.2 cm³/mol. The summed E-state index contributed by atoms with van der Waals surface area (Å²) >= 11 is 0. The number of primary amides is 1. The third kappa shape index (κ3) is 3.89. The molecule has 3 aromatic rings. The van der Waals surface area contributed by atoms with E-state index in [1.54, 1.807) is 43.3 Å². The summed E-state index contributed by atoms with van der Waals surface area (Å²) in [6.45, 7) is 1.60. The molecule has 0 aliphatic carbocycles. The van der Waals surface area contributed by atoms with E-state index in [-0.39, 0.29) is 5.91 Å². The second-order valence-corrected chi connectivity index (χ2v) is 5.64. The number of ether oxygens (including phenoxy) is 1. The summed E-state index contributed by atoms with van der Waals surface area (Å²) in [5.41, 5.74) is 5.96. The first-order valence-electron chi connectivity index (χ1n) is 7.84. The molecule has 0 aliphatic heterocycles. The number of rotatable bonds is 5. The van der Waals surface area contributed by atoms with E-state index in [0.717, 1.165) is 5.39 Å². The maximum atomic E-state index is 12.3. The summed E-state index contributed by atoms with van der Waals surface area (Å²) in [5, 5.41) is 3.44. The Hall–Kier alpha value is -3.61. The van der Waals surface area contributed by atoms with Crippen molar-refractivity contribution in [3.63, 3.8) is 0 Å². The number of hydrogen-bond donors (Lipinski definition) is 2. The molecule has 0 fully saturated rings. The van der Waals surface area contributed by atoms with Gasteiger partial charge in [-0.05, 0) is 49.4 Å². The molecule has 0 saturated carbocycles. The molecule has 1 heterocycles. The molecule has 0 spiro atoms. The SMILES string of the molecule is CC(Oc1ccc2ccc(=O)oc2c1)C(=O)Nc1ccc(C(N)=O)cc1. The summed E-state index contributed by atoms with van der Waals surface area (Å²) in [7, 11) is 0.